The van der Waals surface area contributed by atoms with Crippen LogP contribution in [-0.2, 0) is 12.8 Å². The van der Waals surface area contributed by atoms with E-state index in [2.05, 4.69) is 43.4 Å². The van der Waals surface area contributed by atoms with Crippen molar-refractivity contribution >= 4 is 0 Å². The molecule has 0 saturated carbocycles. The number of nitrogens with one attached hydrogen (secondary N) is 1. The van der Waals surface area contributed by atoms with Gasteiger partial charge in [-0.2, -0.15) is 0 Å². The monoisotopic (exact) mass is 217 g/mol. The molecule has 1 N–H and O–H groups in total. The summed E-state index contributed by atoms with van der Waals surface area (Å²) in [6, 6.07) is 9.92. The minimum Gasteiger partial charge on any atom is -0.314 e. The first kappa shape index (κ1) is 11.7. The second-order valence-electron chi connectivity index (χ2n) is 5.41. The third-order valence-corrected chi connectivity index (χ3v) is 3.31. The molecule has 1 aromatic rings. The minimum atomic E-state index is 0.718. The maximum atomic E-state index is 3.55. The van der Waals surface area contributed by atoms with Crippen LogP contribution < -0.4 is 5.32 Å². The van der Waals surface area contributed by atoms with Crippen LogP contribution in [0.15, 0.2) is 24.3 Å². The van der Waals surface area contributed by atoms with Gasteiger partial charge in [-0.3, -0.25) is 0 Å². The molecule has 0 aromatic heterocycles. The van der Waals surface area contributed by atoms with E-state index < -0.39 is 0 Å². The molecule has 1 unspecified atom stereocenters. The van der Waals surface area contributed by atoms with Gasteiger partial charge in [-0.05, 0) is 49.3 Å². The van der Waals surface area contributed by atoms with E-state index in [-0.39, 0.29) is 0 Å². The molecule has 1 heterocycles. The third kappa shape index (κ3) is 3.34. The summed E-state index contributed by atoms with van der Waals surface area (Å²) in [6.07, 6.45) is 5.08. The number of rotatable bonds is 4. The molecule has 1 aliphatic rings. The Labute approximate surface area is 99.3 Å². The first-order valence-electron chi connectivity index (χ1n) is 6.55. The summed E-state index contributed by atoms with van der Waals surface area (Å²) < 4.78 is 0. The maximum absolute atomic E-state index is 3.55. The standard InChI is InChI=1S/C15H23N/c1-12(2)10-13-5-7-14(8-6-13)11-15-4-3-9-16-15/h5-8,12,15-16H,3-4,9-11H2,1-2H3. The van der Waals surface area contributed by atoms with E-state index in [1.807, 2.05) is 0 Å². The van der Waals surface area contributed by atoms with Crippen LogP contribution in [0, 0.1) is 5.92 Å². The van der Waals surface area contributed by atoms with Gasteiger partial charge in [0, 0.05) is 6.04 Å². The van der Waals surface area contributed by atoms with Gasteiger partial charge in [-0.25, -0.2) is 0 Å². The summed E-state index contributed by atoms with van der Waals surface area (Å²) in [6.45, 7) is 5.75. The Balaban J connectivity index is 1.90. The van der Waals surface area contributed by atoms with E-state index in [4.69, 9.17) is 0 Å². The zero-order valence-corrected chi connectivity index (χ0v) is 10.5. The first-order valence-corrected chi connectivity index (χ1v) is 6.55. The third-order valence-electron chi connectivity index (χ3n) is 3.31. The fourth-order valence-corrected chi connectivity index (χ4v) is 2.50. The maximum Gasteiger partial charge on any atom is 0.0108 e. The highest BCUT2D eigenvalue weighted by Crippen LogP contribution is 2.14. The van der Waals surface area contributed by atoms with Gasteiger partial charge in [0.25, 0.3) is 0 Å². The molecule has 16 heavy (non-hydrogen) atoms. The summed E-state index contributed by atoms with van der Waals surface area (Å²) in [4.78, 5) is 0. The molecule has 88 valence electrons. The van der Waals surface area contributed by atoms with Crippen molar-refractivity contribution < 1.29 is 0 Å². The average molecular weight is 217 g/mol. The molecular weight excluding hydrogens is 194 g/mol. The summed E-state index contributed by atoms with van der Waals surface area (Å²) >= 11 is 0. The molecule has 1 aliphatic heterocycles. The number of benzene rings is 1. The lowest BCUT2D eigenvalue weighted by Crippen LogP contribution is -2.23. The van der Waals surface area contributed by atoms with E-state index in [1.165, 1.54) is 43.4 Å². The highest BCUT2D eigenvalue weighted by molar-refractivity contribution is 5.23. The molecule has 1 heteroatoms. The minimum absolute atomic E-state index is 0.718. The molecule has 1 atom stereocenters. The van der Waals surface area contributed by atoms with Crippen LogP contribution >= 0.6 is 0 Å². The Morgan fingerprint density at radius 2 is 1.88 bits per heavy atom. The molecule has 2 rings (SSSR count). The Morgan fingerprint density at radius 1 is 1.19 bits per heavy atom. The Kier molecular flexibility index (Phi) is 4.00. The lowest BCUT2D eigenvalue weighted by molar-refractivity contribution is 0.602. The Bertz CT molecular complexity index is 307. The predicted octanol–water partition coefficient (Wildman–Crippen LogP) is 3.18. The van der Waals surface area contributed by atoms with Gasteiger partial charge >= 0.3 is 0 Å². The topological polar surface area (TPSA) is 12.0 Å². The van der Waals surface area contributed by atoms with Crippen molar-refractivity contribution in [3.8, 4) is 0 Å². The van der Waals surface area contributed by atoms with Gasteiger partial charge < -0.3 is 5.32 Å². The predicted molar refractivity (Wildman–Crippen MR) is 69.7 cm³/mol. The van der Waals surface area contributed by atoms with Crippen LogP contribution in [0.25, 0.3) is 0 Å². The fraction of sp³-hybridized carbons (Fsp3) is 0.600. The zero-order valence-electron chi connectivity index (χ0n) is 10.5. The molecule has 1 nitrogen and oxygen atoms in total. The number of hydrogen-bond acceptors (Lipinski definition) is 1. The summed E-state index contributed by atoms with van der Waals surface area (Å²) in [7, 11) is 0. The van der Waals surface area contributed by atoms with Crippen LogP contribution in [0.4, 0.5) is 0 Å². The van der Waals surface area contributed by atoms with Gasteiger partial charge in [0.1, 0.15) is 0 Å². The number of hydrogen-bond donors (Lipinski definition) is 1. The highest BCUT2D eigenvalue weighted by Gasteiger charge is 2.13. The lowest BCUT2D eigenvalue weighted by Gasteiger charge is -2.11. The quantitative estimate of drug-likeness (QED) is 0.817. The van der Waals surface area contributed by atoms with Crippen molar-refractivity contribution in [2.24, 2.45) is 5.92 Å². The largest absolute Gasteiger partial charge is 0.314 e. The van der Waals surface area contributed by atoms with Crippen molar-refractivity contribution in [2.75, 3.05) is 6.54 Å². The molecule has 0 spiro atoms. The zero-order chi connectivity index (χ0) is 11.4. The molecular formula is C15H23N. The van der Waals surface area contributed by atoms with Crippen molar-refractivity contribution in [3.05, 3.63) is 35.4 Å². The summed E-state index contributed by atoms with van der Waals surface area (Å²) in [5, 5.41) is 3.55. The summed E-state index contributed by atoms with van der Waals surface area (Å²) in [5.41, 5.74) is 2.95. The van der Waals surface area contributed by atoms with E-state index >= 15 is 0 Å². The van der Waals surface area contributed by atoms with Gasteiger partial charge in [-0.1, -0.05) is 38.1 Å². The average Bonchev–Trinajstić information content (AvgIpc) is 2.73. The molecule has 1 saturated heterocycles. The van der Waals surface area contributed by atoms with Crippen molar-refractivity contribution in [1.29, 1.82) is 0 Å². The van der Waals surface area contributed by atoms with Gasteiger partial charge in [0.15, 0.2) is 0 Å². The van der Waals surface area contributed by atoms with Crippen LogP contribution in [0.5, 0.6) is 0 Å². The highest BCUT2D eigenvalue weighted by atomic mass is 14.9. The van der Waals surface area contributed by atoms with E-state index in [0.717, 1.165) is 12.0 Å². The van der Waals surface area contributed by atoms with Crippen LogP contribution in [0.1, 0.15) is 37.8 Å². The first-order chi connectivity index (χ1) is 7.74. The molecule has 0 bridgehead atoms. The van der Waals surface area contributed by atoms with Crippen molar-refractivity contribution in [2.45, 2.75) is 45.6 Å². The van der Waals surface area contributed by atoms with E-state index in [0.29, 0.717) is 0 Å². The Hall–Kier alpha value is -0.820. The van der Waals surface area contributed by atoms with Gasteiger partial charge in [-0.15, -0.1) is 0 Å². The normalized spacial score (nSPS) is 20.6. The Morgan fingerprint density at radius 3 is 2.44 bits per heavy atom. The van der Waals surface area contributed by atoms with E-state index in [9.17, 15) is 0 Å². The summed E-state index contributed by atoms with van der Waals surface area (Å²) in [5.74, 6) is 0.752. The smallest absolute Gasteiger partial charge is 0.0108 e. The van der Waals surface area contributed by atoms with E-state index in [1.54, 1.807) is 0 Å². The molecule has 1 aromatic carbocycles. The second kappa shape index (κ2) is 5.49. The second-order valence-corrected chi connectivity index (χ2v) is 5.41. The molecule has 0 aliphatic carbocycles. The van der Waals surface area contributed by atoms with Crippen LogP contribution in [-0.4, -0.2) is 12.6 Å². The lowest BCUT2D eigenvalue weighted by atomic mass is 9.99. The van der Waals surface area contributed by atoms with Crippen LogP contribution in [0.3, 0.4) is 0 Å². The molecule has 0 amide bonds. The molecule has 1 fully saturated rings. The van der Waals surface area contributed by atoms with Crippen molar-refractivity contribution in [1.82, 2.24) is 5.32 Å². The van der Waals surface area contributed by atoms with Crippen molar-refractivity contribution in [3.63, 3.8) is 0 Å². The van der Waals surface area contributed by atoms with Crippen LogP contribution in [0.2, 0.25) is 0 Å². The molecule has 0 radical (unpaired) electrons. The van der Waals surface area contributed by atoms with Gasteiger partial charge in [0.05, 0.1) is 0 Å². The van der Waals surface area contributed by atoms with Gasteiger partial charge in [0.2, 0.25) is 0 Å². The SMILES string of the molecule is CC(C)Cc1ccc(CC2CCCN2)cc1. The fourth-order valence-electron chi connectivity index (χ4n) is 2.50.